The number of rotatable bonds is 3. The van der Waals surface area contributed by atoms with Crippen molar-refractivity contribution >= 4 is 16.8 Å². The summed E-state index contributed by atoms with van der Waals surface area (Å²) in [4.78, 5) is 17.9. The Kier molecular flexibility index (Phi) is 4.48. The van der Waals surface area contributed by atoms with Crippen LogP contribution in [0.25, 0.3) is 10.9 Å². The van der Waals surface area contributed by atoms with E-state index in [2.05, 4.69) is 10.3 Å². The molecule has 0 radical (unpaired) electrons. The predicted molar refractivity (Wildman–Crippen MR) is 93.6 cm³/mol. The summed E-state index contributed by atoms with van der Waals surface area (Å²) < 4.78 is 19.1. The summed E-state index contributed by atoms with van der Waals surface area (Å²) in [5.41, 5.74) is 1.81. The van der Waals surface area contributed by atoms with Crippen molar-refractivity contribution in [2.75, 3.05) is 20.2 Å². The topological polar surface area (TPSA) is 57.4 Å². The van der Waals surface area contributed by atoms with Gasteiger partial charge in [-0.25, -0.2) is 4.39 Å². The maximum atomic E-state index is 13.3. The molecule has 1 saturated heterocycles. The number of morpholine rings is 1. The number of nitrogens with zero attached hydrogens (tertiary/aromatic N) is 1. The maximum Gasteiger partial charge on any atom is 0.225 e. The van der Waals surface area contributed by atoms with Gasteiger partial charge in [-0.2, -0.15) is 0 Å². The third-order valence-electron chi connectivity index (χ3n) is 5.40. The molecule has 4 rings (SSSR count). The van der Waals surface area contributed by atoms with Gasteiger partial charge in [0.25, 0.3) is 0 Å². The lowest BCUT2D eigenvalue weighted by Gasteiger charge is -2.40. The molecule has 1 aliphatic carbocycles. The molecular weight excluding hydrogens is 321 g/mol. The Labute approximate surface area is 146 Å². The van der Waals surface area contributed by atoms with E-state index in [1.54, 1.807) is 11.0 Å². The van der Waals surface area contributed by atoms with Gasteiger partial charge in [-0.15, -0.1) is 0 Å². The minimum Gasteiger partial charge on any atom is -0.375 e. The standard InChI is InChI=1S/C19H24FN3O2/c1-23(11-15-9-13-8-14(20)3-4-16(13)22-15)19(24)12-2-5-18-17(10-12)21-6-7-25-18/h3-4,8-9,12,17-18,21-22H,2,5-7,10-11H2,1H3/t12-,17+,18+/m0/s1. The molecule has 0 unspecified atom stereocenters. The molecule has 0 bridgehead atoms. The first kappa shape index (κ1) is 16.5. The highest BCUT2D eigenvalue weighted by molar-refractivity contribution is 5.81. The van der Waals surface area contributed by atoms with Gasteiger partial charge < -0.3 is 19.9 Å². The molecule has 25 heavy (non-hydrogen) atoms. The van der Waals surface area contributed by atoms with Gasteiger partial charge in [-0.3, -0.25) is 4.79 Å². The summed E-state index contributed by atoms with van der Waals surface area (Å²) in [5.74, 6) is -0.0284. The van der Waals surface area contributed by atoms with Crippen LogP contribution in [0.15, 0.2) is 24.3 Å². The van der Waals surface area contributed by atoms with Crippen LogP contribution in [0.5, 0.6) is 0 Å². The predicted octanol–water partition coefficient (Wildman–Crippen LogP) is 2.42. The molecule has 2 N–H and O–H groups in total. The van der Waals surface area contributed by atoms with Crippen molar-refractivity contribution in [3.8, 4) is 0 Å². The van der Waals surface area contributed by atoms with E-state index in [1.165, 1.54) is 12.1 Å². The molecule has 2 aliphatic rings. The molecule has 0 spiro atoms. The number of carbonyl (C=O) groups is 1. The molecule has 6 heteroatoms. The van der Waals surface area contributed by atoms with E-state index in [4.69, 9.17) is 4.74 Å². The van der Waals surface area contributed by atoms with Crippen LogP contribution in [0, 0.1) is 11.7 Å². The maximum absolute atomic E-state index is 13.3. The van der Waals surface area contributed by atoms with Gasteiger partial charge in [0, 0.05) is 42.1 Å². The number of amides is 1. The second-order valence-corrected chi connectivity index (χ2v) is 7.20. The molecule has 2 fully saturated rings. The highest BCUT2D eigenvalue weighted by atomic mass is 19.1. The molecule has 1 amide bonds. The van der Waals surface area contributed by atoms with Crippen molar-refractivity contribution < 1.29 is 13.9 Å². The first-order valence-electron chi connectivity index (χ1n) is 8.97. The van der Waals surface area contributed by atoms with Crippen molar-refractivity contribution in [1.29, 1.82) is 0 Å². The van der Waals surface area contributed by atoms with Gasteiger partial charge in [0.05, 0.1) is 19.3 Å². The van der Waals surface area contributed by atoms with Crippen LogP contribution in [0.1, 0.15) is 25.0 Å². The van der Waals surface area contributed by atoms with Crippen LogP contribution < -0.4 is 5.32 Å². The van der Waals surface area contributed by atoms with E-state index in [0.717, 1.165) is 49.0 Å². The number of aromatic nitrogens is 1. The van der Waals surface area contributed by atoms with Crippen molar-refractivity contribution in [2.45, 2.75) is 38.0 Å². The van der Waals surface area contributed by atoms with E-state index < -0.39 is 0 Å². The van der Waals surface area contributed by atoms with Crippen molar-refractivity contribution in [3.63, 3.8) is 0 Å². The summed E-state index contributed by atoms with van der Waals surface area (Å²) >= 11 is 0. The highest BCUT2D eigenvalue weighted by Gasteiger charge is 2.36. The quantitative estimate of drug-likeness (QED) is 0.898. The number of hydrogen-bond acceptors (Lipinski definition) is 3. The summed E-state index contributed by atoms with van der Waals surface area (Å²) in [6, 6.07) is 6.88. The van der Waals surface area contributed by atoms with Crippen LogP contribution in [0.3, 0.4) is 0 Å². The first-order valence-corrected chi connectivity index (χ1v) is 8.97. The molecule has 1 aromatic carbocycles. The Hall–Kier alpha value is -1.92. The Balaban J connectivity index is 1.41. The molecule has 2 heterocycles. The second kappa shape index (κ2) is 6.77. The monoisotopic (exact) mass is 345 g/mol. The fourth-order valence-electron chi connectivity index (χ4n) is 4.13. The summed E-state index contributed by atoms with van der Waals surface area (Å²) in [7, 11) is 1.84. The zero-order chi connectivity index (χ0) is 17.4. The van der Waals surface area contributed by atoms with Crippen molar-refractivity contribution in [2.24, 2.45) is 5.92 Å². The molecule has 5 nitrogen and oxygen atoms in total. The van der Waals surface area contributed by atoms with E-state index in [-0.39, 0.29) is 23.7 Å². The Morgan fingerprint density at radius 3 is 3.12 bits per heavy atom. The highest BCUT2D eigenvalue weighted by Crippen LogP contribution is 2.29. The molecule has 1 saturated carbocycles. The van der Waals surface area contributed by atoms with E-state index in [9.17, 15) is 9.18 Å². The number of hydrogen-bond donors (Lipinski definition) is 2. The second-order valence-electron chi connectivity index (χ2n) is 7.20. The zero-order valence-electron chi connectivity index (χ0n) is 14.4. The number of carbonyl (C=O) groups excluding carboxylic acids is 1. The Morgan fingerprint density at radius 1 is 1.36 bits per heavy atom. The number of benzene rings is 1. The SMILES string of the molecule is CN(Cc1cc2cc(F)ccc2[nH]1)C(=O)[C@H]1CC[C@H]2OCCN[C@@H]2C1. The molecule has 1 aromatic heterocycles. The van der Waals surface area contributed by atoms with Crippen LogP contribution >= 0.6 is 0 Å². The summed E-state index contributed by atoms with van der Waals surface area (Å²) in [6.45, 7) is 2.13. The van der Waals surface area contributed by atoms with Gasteiger partial charge in [-0.05, 0) is 43.5 Å². The molecular formula is C19H24FN3O2. The molecule has 1 aliphatic heterocycles. The van der Waals surface area contributed by atoms with Gasteiger partial charge in [0.15, 0.2) is 0 Å². The third-order valence-corrected chi connectivity index (χ3v) is 5.40. The first-order chi connectivity index (χ1) is 12.1. The number of nitrogens with one attached hydrogen (secondary N) is 2. The minimum absolute atomic E-state index is 0.0438. The van der Waals surface area contributed by atoms with Crippen LogP contribution in [-0.2, 0) is 16.1 Å². The number of fused-ring (bicyclic) bond motifs is 2. The van der Waals surface area contributed by atoms with E-state index >= 15 is 0 Å². The van der Waals surface area contributed by atoms with Gasteiger partial charge >= 0.3 is 0 Å². The number of H-pyrrole nitrogens is 1. The lowest BCUT2D eigenvalue weighted by Crippen LogP contribution is -2.53. The number of halogens is 1. The van der Waals surface area contributed by atoms with E-state index in [1.807, 2.05) is 13.1 Å². The Bertz CT molecular complexity index is 775. The average molecular weight is 345 g/mol. The Morgan fingerprint density at radius 2 is 2.24 bits per heavy atom. The molecule has 2 aromatic rings. The molecule has 134 valence electrons. The third kappa shape index (κ3) is 3.41. The lowest BCUT2D eigenvalue weighted by molar-refractivity contribution is -0.138. The van der Waals surface area contributed by atoms with Gasteiger partial charge in [0.1, 0.15) is 5.82 Å². The summed E-state index contributed by atoms with van der Waals surface area (Å²) in [6.07, 6.45) is 2.91. The van der Waals surface area contributed by atoms with E-state index in [0.29, 0.717) is 12.6 Å². The minimum atomic E-state index is -0.249. The van der Waals surface area contributed by atoms with Crippen LogP contribution in [-0.4, -0.2) is 48.1 Å². The lowest BCUT2D eigenvalue weighted by atomic mass is 9.82. The average Bonchev–Trinajstić information content (AvgIpc) is 3.01. The number of ether oxygens (including phenoxy) is 1. The fourth-order valence-corrected chi connectivity index (χ4v) is 4.13. The molecule has 3 atom stereocenters. The summed E-state index contributed by atoms with van der Waals surface area (Å²) in [5, 5.41) is 4.31. The van der Waals surface area contributed by atoms with Gasteiger partial charge in [0.2, 0.25) is 5.91 Å². The normalized spacial score (nSPS) is 26.4. The zero-order valence-corrected chi connectivity index (χ0v) is 14.4. The largest absolute Gasteiger partial charge is 0.375 e. The van der Waals surface area contributed by atoms with Crippen LogP contribution in [0.2, 0.25) is 0 Å². The van der Waals surface area contributed by atoms with Crippen molar-refractivity contribution in [1.82, 2.24) is 15.2 Å². The fraction of sp³-hybridized carbons (Fsp3) is 0.526. The van der Waals surface area contributed by atoms with Crippen molar-refractivity contribution in [3.05, 3.63) is 35.8 Å². The number of aromatic amines is 1. The van der Waals surface area contributed by atoms with Crippen LogP contribution in [0.4, 0.5) is 4.39 Å². The van der Waals surface area contributed by atoms with Gasteiger partial charge in [-0.1, -0.05) is 0 Å². The smallest absolute Gasteiger partial charge is 0.225 e.